The minimum Gasteiger partial charge on any atom is -0.283 e. The molecule has 0 aliphatic heterocycles. The molecule has 0 aliphatic rings. The summed E-state index contributed by atoms with van der Waals surface area (Å²) < 4.78 is 1.01. The molecule has 0 bridgehead atoms. The Balaban J connectivity index is 1.70. The number of thiazole rings is 2. The monoisotopic (exact) mass is 413 g/mol. The maximum absolute atomic E-state index is 13.2. The molecule has 0 saturated heterocycles. The zero-order valence-corrected chi connectivity index (χ0v) is 17.2. The molecule has 0 N–H and O–H groups in total. The number of anilines is 1. The van der Waals surface area contributed by atoms with Crippen LogP contribution in [0.1, 0.15) is 22.3 Å². The van der Waals surface area contributed by atoms with Crippen LogP contribution in [0.15, 0.2) is 48.5 Å². The summed E-state index contributed by atoms with van der Waals surface area (Å²) in [6, 6.07) is 15.5. The predicted molar refractivity (Wildman–Crippen MR) is 114 cm³/mol. The smallest absolute Gasteiger partial charge is 0.272 e. The highest BCUT2D eigenvalue weighted by Crippen LogP contribution is 2.33. The van der Waals surface area contributed by atoms with E-state index in [1.165, 1.54) is 22.7 Å². The molecule has 2 aromatic carbocycles. The van der Waals surface area contributed by atoms with Crippen molar-refractivity contribution in [1.82, 2.24) is 9.97 Å². The Morgan fingerprint density at radius 1 is 1.11 bits per heavy atom. The fourth-order valence-corrected chi connectivity index (χ4v) is 4.99. The molecule has 0 spiro atoms. The third-order valence-electron chi connectivity index (χ3n) is 4.14. The van der Waals surface area contributed by atoms with E-state index < -0.39 is 0 Å². The molecule has 27 heavy (non-hydrogen) atoms. The summed E-state index contributed by atoms with van der Waals surface area (Å²) in [5, 5.41) is 2.16. The lowest BCUT2D eigenvalue weighted by atomic mass is 10.2. The number of fused-ring (bicyclic) bond motifs is 1. The van der Waals surface area contributed by atoms with E-state index in [-0.39, 0.29) is 5.91 Å². The van der Waals surface area contributed by atoms with E-state index >= 15 is 0 Å². The van der Waals surface area contributed by atoms with E-state index in [0.717, 1.165) is 26.5 Å². The van der Waals surface area contributed by atoms with Crippen molar-refractivity contribution < 1.29 is 4.79 Å². The predicted octanol–water partition coefficient (Wildman–Crippen LogP) is 6.05. The molecule has 0 aliphatic carbocycles. The summed E-state index contributed by atoms with van der Waals surface area (Å²) in [5.41, 5.74) is 2.56. The summed E-state index contributed by atoms with van der Waals surface area (Å²) in [6.45, 7) is 4.36. The lowest BCUT2D eigenvalue weighted by Gasteiger charge is -2.16. The second-order valence-corrected chi connectivity index (χ2v) is 8.40. The number of carbonyl (C=O) groups excluding carboxylic acids is 1. The Bertz CT molecular complexity index is 1120. The molecule has 0 saturated carbocycles. The van der Waals surface area contributed by atoms with E-state index in [4.69, 9.17) is 11.6 Å². The highest BCUT2D eigenvalue weighted by Gasteiger charge is 2.24. The van der Waals surface area contributed by atoms with Crippen LogP contribution in [0.25, 0.3) is 20.8 Å². The maximum atomic E-state index is 13.2. The first kappa shape index (κ1) is 18.1. The molecule has 0 atom stereocenters. The maximum Gasteiger partial charge on any atom is 0.272 e. The minimum absolute atomic E-state index is 0.0696. The van der Waals surface area contributed by atoms with Crippen LogP contribution >= 0.6 is 34.3 Å². The molecule has 4 rings (SSSR count). The van der Waals surface area contributed by atoms with Crippen LogP contribution in [0.5, 0.6) is 0 Å². The van der Waals surface area contributed by atoms with Crippen LogP contribution in [0.2, 0.25) is 5.02 Å². The lowest BCUT2D eigenvalue weighted by Crippen LogP contribution is -2.30. The lowest BCUT2D eigenvalue weighted by molar-refractivity contribution is 0.0991. The van der Waals surface area contributed by atoms with Crippen molar-refractivity contribution in [3.05, 3.63) is 64.1 Å². The van der Waals surface area contributed by atoms with Crippen molar-refractivity contribution in [2.75, 3.05) is 11.4 Å². The third-order valence-corrected chi connectivity index (χ3v) is 6.63. The first-order valence-electron chi connectivity index (χ1n) is 8.47. The highest BCUT2D eigenvalue weighted by molar-refractivity contribution is 7.22. The molecule has 1 amide bonds. The van der Waals surface area contributed by atoms with Gasteiger partial charge in [-0.15, -0.1) is 11.3 Å². The molecule has 0 radical (unpaired) electrons. The SMILES string of the molecule is CCN(C(=O)c1sc(-c2ccccc2)nc1C)c1nc2cc(Cl)ccc2s1. The Kier molecular flexibility index (Phi) is 4.95. The van der Waals surface area contributed by atoms with Gasteiger partial charge >= 0.3 is 0 Å². The number of amides is 1. The van der Waals surface area contributed by atoms with E-state index in [0.29, 0.717) is 21.6 Å². The molecule has 0 fully saturated rings. The van der Waals surface area contributed by atoms with Crippen LogP contribution in [0.3, 0.4) is 0 Å². The molecular weight excluding hydrogens is 398 g/mol. The number of halogens is 1. The van der Waals surface area contributed by atoms with Crippen LogP contribution in [-0.4, -0.2) is 22.4 Å². The Morgan fingerprint density at radius 2 is 1.89 bits per heavy atom. The number of rotatable bonds is 4. The largest absolute Gasteiger partial charge is 0.283 e. The number of hydrogen-bond donors (Lipinski definition) is 0. The number of hydrogen-bond acceptors (Lipinski definition) is 5. The minimum atomic E-state index is -0.0696. The Hall–Kier alpha value is -2.28. The Labute approximate surface area is 170 Å². The molecule has 136 valence electrons. The van der Waals surface area contributed by atoms with Gasteiger partial charge in [-0.1, -0.05) is 53.3 Å². The van der Waals surface area contributed by atoms with E-state index in [2.05, 4.69) is 9.97 Å². The molecule has 4 aromatic rings. The van der Waals surface area contributed by atoms with Crippen LogP contribution in [0, 0.1) is 6.92 Å². The van der Waals surface area contributed by atoms with Gasteiger partial charge < -0.3 is 0 Å². The van der Waals surface area contributed by atoms with E-state index in [1.807, 2.05) is 62.4 Å². The molecule has 0 unspecified atom stereocenters. The van der Waals surface area contributed by atoms with Gasteiger partial charge in [-0.25, -0.2) is 9.97 Å². The topological polar surface area (TPSA) is 46.1 Å². The quantitative estimate of drug-likeness (QED) is 0.409. The summed E-state index contributed by atoms with van der Waals surface area (Å²) >= 11 is 8.97. The molecule has 2 aromatic heterocycles. The van der Waals surface area contributed by atoms with Gasteiger partial charge in [0.1, 0.15) is 9.88 Å². The molecule has 7 heteroatoms. The van der Waals surface area contributed by atoms with Gasteiger partial charge in [-0.2, -0.15) is 0 Å². The van der Waals surface area contributed by atoms with E-state index in [9.17, 15) is 4.79 Å². The van der Waals surface area contributed by atoms with Gasteiger partial charge in [-0.3, -0.25) is 9.69 Å². The van der Waals surface area contributed by atoms with Gasteiger partial charge in [-0.05, 0) is 32.0 Å². The van der Waals surface area contributed by atoms with Crippen molar-refractivity contribution in [2.24, 2.45) is 0 Å². The first-order chi connectivity index (χ1) is 13.1. The van der Waals surface area contributed by atoms with Gasteiger partial charge in [0.2, 0.25) is 0 Å². The van der Waals surface area contributed by atoms with Crippen LogP contribution < -0.4 is 4.90 Å². The highest BCUT2D eigenvalue weighted by atomic mass is 35.5. The molecule has 2 heterocycles. The van der Waals surface area contributed by atoms with Crippen LogP contribution in [-0.2, 0) is 0 Å². The van der Waals surface area contributed by atoms with Crippen molar-refractivity contribution in [1.29, 1.82) is 0 Å². The number of aryl methyl sites for hydroxylation is 1. The zero-order valence-electron chi connectivity index (χ0n) is 14.8. The normalized spacial score (nSPS) is 11.1. The average molecular weight is 414 g/mol. The second kappa shape index (κ2) is 7.38. The number of aromatic nitrogens is 2. The first-order valence-corrected chi connectivity index (χ1v) is 10.5. The standard InChI is InChI=1S/C20H16ClN3OS2/c1-3-24(20-23-15-11-14(21)9-10-16(15)26-20)19(25)17-12(2)22-18(27-17)13-7-5-4-6-8-13/h4-11H,3H2,1-2H3. The summed E-state index contributed by atoms with van der Waals surface area (Å²) in [5.74, 6) is -0.0696. The Morgan fingerprint density at radius 3 is 2.63 bits per heavy atom. The summed E-state index contributed by atoms with van der Waals surface area (Å²) in [4.78, 5) is 24.8. The number of carbonyl (C=O) groups is 1. The number of nitrogens with zero attached hydrogens (tertiary/aromatic N) is 3. The fraction of sp³-hybridized carbons (Fsp3) is 0.150. The second-order valence-electron chi connectivity index (χ2n) is 5.96. The molecule has 4 nitrogen and oxygen atoms in total. The van der Waals surface area contributed by atoms with Crippen LogP contribution in [0.4, 0.5) is 5.13 Å². The zero-order chi connectivity index (χ0) is 19.0. The number of benzene rings is 2. The molecular formula is C20H16ClN3OS2. The fourth-order valence-electron chi connectivity index (χ4n) is 2.79. The van der Waals surface area contributed by atoms with Gasteiger partial charge in [0.25, 0.3) is 5.91 Å². The van der Waals surface area contributed by atoms with Crippen molar-refractivity contribution in [2.45, 2.75) is 13.8 Å². The van der Waals surface area contributed by atoms with Gasteiger partial charge in [0.05, 0.1) is 15.9 Å². The van der Waals surface area contributed by atoms with Gasteiger partial charge in [0.15, 0.2) is 5.13 Å². The van der Waals surface area contributed by atoms with Gasteiger partial charge in [0, 0.05) is 17.1 Å². The van der Waals surface area contributed by atoms with Crippen molar-refractivity contribution in [3.8, 4) is 10.6 Å². The van der Waals surface area contributed by atoms with Crippen molar-refractivity contribution >= 4 is 55.5 Å². The summed E-state index contributed by atoms with van der Waals surface area (Å²) in [7, 11) is 0. The summed E-state index contributed by atoms with van der Waals surface area (Å²) in [6.07, 6.45) is 0. The van der Waals surface area contributed by atoms with E-state index in [1.54, 1.807) is 4.90 Å². The third kappa shape index (κ3) is 3.48. The van der Waals surface area contributed by atoms with Crippen molar-refractivity contribution in [3.63, 3.8) is 0 Å². The average Bonchev–Trinajstić information content (AvgIpc) is 3.26.